The Kier molecular flexibility index (Phi) is 4.41. The van der Waals surface area contributed by atoms with E-state index in [-0.39, 0.29) is 17.3 Å². The van der Waals surface area contributed by atoms with E-state index in [4.69, 9.17) is 4.74 Å². The summed E-state index contributed by atoms with van der Waals surface area (Å²) in [5, 5.41) is 13.5. The first kappa shape index (κ1) is 15.5. The number of benzene rings is 2. The van der Waals surface area contributed by atoms with Crippen LogP contribution in [0, 0.1) is 24.0 Å². The summed E-state index contributed by atoms with van der Waals surface area (Å²) in [7, 11) is 1.39. The Hall–Kier alpha value is -2.89. The predicted octanol–water partition coefficient (Wildman–Crippen LogP) is 3.47. The summed E-state index contributed by atoms with van der Waals surface area (Å²) in [5.74, 6) is -0.0501. The number of carbonyl (C=O) groups excluding carboxylic acids is 1. The lowest BCUT2D eigenvalue weighted by molar-refractivity contribution is -0.384. The smallest absolute Gasteiger partial charge is 0.273 e. The number of carbonyl (C=O) groups is 1. The third-order valence-electron chi connectivity index (χ3n) is 3.13. The topological polar surface area (TPSA) is 81.5 Å². The molecule has 1 amide bonds. The number of amides is 1. The lowest BCUT2D eigenvalue weighted by atomic mass is 10.1. The van der Waals surface area contributed by atoms with Gasteiger partial charge in [0.2, 0.25) is 0 Å². The molecule has 0 saturated carbocycles. The minimum Gasteiger partial charge on any atom is -0.494 e. The average molecular weight is 300 g/mol. The number of rotatable bonds is 4. The zero-order chi connectivity index (χ0) is 16.3. The van der Waals surface area contributed by atoms with Crippen molar-refractivity contribution in [1.29, 1.82) is 0 Å². The summed E-state index contributed by atoms with van der Waals surface area (Å²) >= 11 is 0. The number of hydrogen-bond donors (Lipinski definition) is 1. The highest BCUT2D eigenvalue weighted by molar-refractivity contribution is 6.05. The number of aryl methyl sites for hydroxylation is 2. The van der Waals surface area contributed by atoms with Gasteiger partial charge in [0, 0.05) is 11.6 Å². The third kappa shape index (κ3) is 3.41. The number of hydrogen-bond acceptors (Lipinski definition) is 4. The zero-order valence-corrected chi connectivity index (χ0v) is 12.5. The molecule has 2 aromatic rings. The predicted molar refractivity (Wildman–Crippen MR) is 83.5 cm³/mol. The number of nitro benzene ring substituents is 1. The molecule has 0 saturated heterocycles. The van der Waals surface area contributed by atoms with Crippen LogP contribution in [0.5, 0.6) is 5.75 Å². The van der Waals surface area contributed by atoms with Crippen LogP contribution in [0.3, 0.4) is 0 Å². The molecule has 114 valence electrons. The maximum absolute atomic E-state index is 12.3. The van der Waals surface area contributed by atoms with Gasteiger partial charge in [0.15, 0.2) is 0 Å². The van der Waals surface area contributed by atoms with E-state index in [0.29, 0.717) is 11.3 Å². The lowest BCUT2D eigenvalue weighted by Gasteiger charge is -2.11. The van der Waals surface area contributed by atoms with Gasteiger partial charge in [-0.25, -0.2) is 0 Å². The Labute approximate surface area is 127 Å². The van der Waals surface area contributed by atoms with Gasteiger partial charge >= 0.3 is 0 Å². The summed E-state index contributed by atoms with van der Waals surface area (Å²) in [5.41, 5.74) is 2.79. The molecule has 0 aliphatic rings. The van der Waals surface area contributed by atoms with Gasteiger partial charge in [0.05, 0.1) is 23.8 Å². The van der Waals surface area contributed by atoms with Gasteiger partial charge in [-0.3, -0.25) is 14.9 Å². The van der Waals surface area contributed by atoms with Gasteiger partial charge in [-0.05, 0) is 32.0 Å². The molecule has 0 bridgehead atoms. The molecule has 2 rings (SSSR count). The highest BCUT2D eigenvalue weighted by Gasteiger charge is 2.14. The lowest BCUT2D eigenvalue weighted by Crippen LogP contribution is -2.13. The van der Waals surface area contributed by atoms with Gasteiger partial charge in [-0.2, -0.15) is 0 Å². The molecule has 0 aliphatic heterocycles. The maximum Gasteiger partial charge on any atom is 0.273 e. The quantitative estimate of drug-likeness (QED) is 0.692. The van der Waals surface area contributed by atoms with Crippen molar-refractivity contribution in [1.82, 2.24) is 0 Å². The van der Waals surface area contributed by atoms with Crippen molar-refractivity contribution in [3.05, 3.63) is 63.2 Å². The molecule has 0 fully saturated rings. The van der Waals surface area contributed by atoms with Crippen LogP contribution in [-0.2, 0) is 0 Å². The van der Waals surface area contributed by atoms with E-state index >= 15 is 0 Å². The minimum absolute atomic E-state index is 0.0961. The zero-order valence-electron chi connectivity index (χ0n) is 12.5. The first-order chi connectivity index (χ1) is 10.4. The fourth-order valence-corrected chi connectivity index (χ4v) is 2.20. The fraction of sp³-hybridized carbons (Fsp3) is 0.188. The third-order valence-corrected chi connectivity index (χ3v) is 3.13. The second-order valence-corrected chi connectivity index (χ2v) is 4.97. The number of methoxy groups -OCH3 is 1. The van der Waals surface area contributed by atoms with E-state index in [2.05, 4.69) is 5.32 Å². The molecule has 0 aliphatic carbocycles. The Morgan fingerprint density at radius 2 is 1.77 bits per heavy atom. The van der Waals surface area contributed by atoms with Crippen LogP contribution in [-0.4, -0.2) is 17.9 Å². The molecule has 0 aromatic heterocycles. The van der Waals surface area contributed by atoms with Crippen LogP contribution in [0.1, 0.15) is 21.5 Å². The summed E-state index contributed by atoms with van der Waals surface area (Å²) in [6.45, 7) is 3.83. The Bertz CT molecular complexity index is 721. The van der Waals surface area contributed by atoms with Gasteiger partial charge in [0.1, 0.15) is 5.75 Å². The van der Waals surface area contributed by atoms with Gasteiger partial charge in [-0.15, -0.1) is 0 Å². The van der Waals surface area contributed by atoms with Crippen LogP contribution in [0.4, 0.5) is 11.4 Å². The number of nitrogens with one attached hydrogen (secondary N) is 1. The number of nitrogens with zero attached hydrogens (tertiary/aromatic N) is 1. The second-order valence-electron chi connectivity index (χ2n) is 4.97. The van der Waals surface area contributed by atoms with Gasteiger partial charge in [-0.1, -0.05) is 17.2 Å². The first-order valence-corrected chi connectivity index (χ1v) is 6.63. The molecular formula is C16H16N2O4. The largest absolute Gasteiger partial charge is 0.494 e. The standard InChI is InChI=1S/C16H16N2O4/c1-10-6-11(2)8-12(7-10)16(19)17-14-5-4-13(18(20)21)9-15(14)22-3/h4-9H,1-3H3,(H,17,19). The molecule has 0 unspecified atom stereocenters. The summed E-state index contributed by atoms with van der Waals surface area (Å²) in [6, 6.07) is 9.58. The average Bonchev–Trinajstić information content (AvgIpc) is 2.46. The molecule has 6 heteroatoms. The van der Waals surface area contributed by atoms with Crippen molar-refractivity contribution in [2.75, 3.05) is 12.4 Å². The SMILES string of the molecule is COc1cc([N+](=O)[O-])ccc1NC(=O)c1cc(C)cc(C)c1. The van der Waals surface area contributed by atoms with E-state index in [1.165, 1.54) is 25.3 Å². The van der Waals surface area contributed by atoms with Crippen LogP contribution in [0.2, 0.25) is 0 Å². The Balaban J connectivity index is 2.29. The van der Waals surface area contributed by atoms with Crippen molar-refractivity contribution in [3.8, 4) is 5.75 Å². The molecule has 0 spiro atoms. The maximum atomic E-state index is 12.3. The van der Waals surface area contributed by atoms with Crippen LogP contribution >= 0.6 is 0 Å². The highest BCUT2D eigenvalue weighted by Crippen LogP contribution is 2.29. The van der Waals surface area contributed by atoms with E-state index < -0.39 is 4.92 Å². The summed E-state index contributed by atoms with van der Waals surface area (Å²) in [6.07, 6.45) is 0. The molecule has 0 radical (unpaired) electrons. The number of ether oxygens (including phenoxy) is 1. The van der Waals surface area contributed by atoms with Crippen LogP contribution in [0.25, 0.3) is 0 Å². The number of non-ortho nitro benzene ring substituents is 1. The van der Waals surface area contributed by atoms with Crippen molar-refractivity contribution < 1.29 is 14.5 Å². The Morgan fingerprint density at radius 3 is 2.32 bits per heavy atom. The van der Waals surface area contributed by atoms with Crippen LogP contribution < -0.4 is 10.1 Å². The summed E-state index contributed by atoms with van der Waals surface area (Å²) < 4.78 is 5.10. The van der Waals surface area contributed by atoms with Crippen molar-refractivity contribution in [2.24, 2.45) is 0 Å². The molecule has 2 aromatic carbocycles. The van der Waals surface area contributed by atoms with E-state index in [1.54, 1.807) is 12.1 Å². The normalized spacial score (nSPS) is 10.1. The fourth-order valence-electron chi connectivity index (χ4n) is 2.20. The van der Waals surface area contributed by atoms with Crippen molar-refractivity contribution in [2.45, 2.75) is 13.8 Å². The molecule has 6 nitrogen and oxygen atoms in total. The van der Waals surface area contributed by atoms with Crippen molar-refractivity contribution in [3.63, 3.8) is 0 Å². The minimum atomic E-state index is -0.516. The van der Waals surface area contributed by atoms with E-state index in [0.717, 1.165) is 11.1 Å². The molecule has 1 N–H and O–H groups in total. The molecule has 0 heterocycles. The number of nitro groups is 1. The van der Waals surface area contributed by atoms with Crippen LogP contribution in [0.15, 0.2) is 36.4 Å². The van der Waals surface area contributed by atoms with E-state index in [1.807, 2.05) is 19.9 Å². The first-order valence-electron chi connectivity index (χ1n) is 6.63. The molecular weight excluding hydrogens is 284 g/mol. The number of anilines is 1. The van der Waals surface area contributed by atoms with Gasteiger partial charge in [0.25, 0.3) is 11.6 Å². The highest BCUT2D eigenvalue weighted by atomic mass is 16.6. The Morgan fingerprint density at radius 1 is 1.14 bits per heavy atom. The van der Waals surface area contributed by atoms with E-state index in [9.17, 15) is 14.9 Å². The van der Waals surface area contributed by atoms with Gasteiger partial charge < -0.3 is 10.1 Å². The summed E-state index contributed by atoms with van der Waals surface area (Å²) in [4.78, 5) is 22.6. The van der Waals surface area contributed by atoms with Crippen molar-refractivity contribution >= 4 is 17.3 Å². The molecule has 22 heavy (non-hydrogen) atoms. The second kappa shape index (κ2) is 6.26. The molecule has 0 atom stereocenters. The monoisotopic (exact) mass is 300 g/mol.